The number of pyridine rings is 1. The van der Waals surface area contributed by atoms with Crippen molar-refractivity contribution >= 4 is 11.6 Å². The summed E-state index contributed by atoms with van der Waals surface area (Å²) in [7, 11) is 0. The van der Waals surface area contributed by atoms with Crippen LogP contribution in [0, 0.1) is 0 Å². The van der Waals surface area contributed by atoms with Gasteiger partial charge in [-0.1, -0.05) is 11.6 Å². The van der Waals surface area contributed by atoms with Gasteiger partial charge >= 0.3 is 0 Å². The smallest absolute Gasteiger partial charge is 0.129 e. The molecule has 2 nitrogen and oxygen atoms in total. The van der Waals surface area contributed by atoms with Crippen molar-refractivity contribution in [2.24, 2.45) is 0 Å². The Hall–Kier alpha value is -0.600. The molecular weight excluding hydrogens is 162 g/mol. The van der Waals surface area contributed by atoms with E-state index in [9.17, 15) is 0 Å². The van der Waals surface area contributed by atoms with Gasteiger partial charge in [-0.05, 0) is 18.6 Å². The van der Waals surface area contributed by atoms with Crippen molar-refractivity contribution < 1.29 is 4.74 Å². The molecule has 1 aliphatic heterocycles. The highest BCUT2D eigenvalue weighted by molar-refractivity contribution is 6.29. The molecule has 1 aliphatic rings. The maximum atomic E-state index is 5.70. The Kier molecular flexibility index (Phi) is 1.59. The normalized spacial score (nSPS) is 21.8. The monoisotopic (exact) mass is 169 g/mol. The molecule has 2 heterocycles. The standard InChI is InChI=1S/C8H8ClNO/c1-5-7-3-10-8(9)2-6(7)4-11-5/h2-3,5H,4H2,1H3/t5-/m0/s1. The minimum Gasteiger partial charge on any atom is -0.369 e. The van der Waals surface area contributed by atoms with Crippen LogP contribution in [0.1, 0.15) is 24.2 Å². The summed E-state index contributed by atoms with van der Waals surface area (Å²) >= 11 is 5.70. The highest BCUT2D eigenvalue weighted by atomic mass is 35.5. The molecule has 0 fully saturated rings. The van der Waals surface area contributed by atoms with Crippen LogP contribution in [0.2, 0.25) is 5.15 Å². The first-order chi connectivity index (χ1) is 5.27. The fraction of sp³-hybridized carbons (Fsp3) is 0.375. The van der Waals surface area contributed by atoms with E-state index in [4.69, 9.17) is 16.3 Å². The van der Waals surface area contributed by atoms with Gasteiger partial charge in [0, 0.05) is 11.8 Å². The fourth-order valence-corrected chi connectivity index (χ4v) is 1.45. The molecule has 0 saturated carbocycles. The van der Waals surface area contributed by atoms with Gasteiger partial charge in [-0.3, -0.25) is 0 Å². The van der Waals surface area contributed by atoms with Crippen LogP contribution in [0.4, 0.5) is 0 Å². The predicted molar refractivity (Wildman–Crippen MR) is 42.5 cm³/mol. The molecule has 1 aromatic rings. The van der Waals surface area contributed by atoms with Gasteiger partial charge in [0.25, 0.3) is 0 Å². The summed E-state index contributed by atoms with van der Waals surface area (Å²) < 4.78 is 5.38. The van der Waals surface area contributed by atoms with Crippen molar-refractivity contribution in [2.75, 3.05) is 0 Å². The number of rotatable bonds is 0. The molecule has 0 amide bonds. The average molecular weight is 170 g/mol. The van der Waals surface area contributed by atoms with E-state index < -0.39 is 0 Å². The first-order valence-corrected chi connectivity index (χ1v) is 3.91. The van der Waals surface area contributed by atoms with Crippen molar-refractivity contribution in [1.29, 1.82) is 0 Å². The van der Waals surface area contributed by atoms with Gasteiger partial charge in [0.2, 0.25) is 0 Å². The number of nitrogens with zero attached hydrogens (tertiary/aromatic N) is 1. The average Bonchev–Trinajstić information content (AvgIpc) is 2.32. The van der Waals surface area contributed by atoms with E-state index in [0.29, 0.717) is 11.8 Å². The van der Waals surface area contributed by atoms with Crippen molar-refractivity contribution in [3.05, 3.63) is 28.5 Å². The number of hydrogen-bond donors (Lipinski definition) is 0. The van der Waals surface area contributed by atoms with Gasteiger partial charge in [-0.2, -0.15) is 0 Å². The van der Waals surface area contributed by atoms with E-state index in [1.807, 2.05) is 13.0 Å². The van der Waals surface area contributed by atoms with E-state index >= 15 is 0 Å². The number of ether oxygens (including phenoxy) is 1. The van der Waals surface area contributed by atoms with Gasteiger partial charge in [0.15, 0.2) is 0 Å². The van der Waals surface area contributed by atoms with Crippen molar-refractivity contribution in [3.8, 4) is 0 Å². The largest absolute Gasteiger partial charge is 0.369 e. The van der Waals surface area contributed by atoms with E-state index in [2.05, 4.69) is 4.98 Å². The highest BCUT2D eigenvalue weighted by Crippen LogP contribution is 2.30. The van der Waals surface area contributed by atoms with Gasteiger partial charge in [-0.25, -0.2) is 4.98 Å². The summed E-state index contributed by atoms with van der Waals surface area (Å²) in [5, 5.41) is 0.543. The third kappa shape index (κ3) is 1.12. The molecule has 0 bridgehead atoms. The van der Waals surface area contributed by atoms with E-state index in [-0.39, 0.29) is 6.10 Å². The second-order valence-corrected chi connectivity index (χ2v) is 3.05. The Labute approximate surface area is 70.2 Å². The lowest BCUT2D eigenvalue weighted by molar-refractivity contribution is 0.0795. The lowest BCUT2D eigenvalue weighted by Gasteiger charge is -2.00. The molecule has 0 spiro atoms. The lowest BCUT2D eigenvalue weighted by Crippen LogP contribution is -1.88. The van der Waals surface area contributed by atoms with Crippen LogP contribution in [0.25, 0.3) is 0 Å². The zero-order chi connectivity index (χ0) is 7.84. The third-order valence-corrected chi connectivity index (χ3v) is 2.12. The molecule has 0 N–H and O–H groups in total. The molecular formula is C8H8ClNO. The van der Waals surface area contributed by atoms with Crippen molar-refractivity contribution in [1.82, 2.24) is 4.98 Å². The Morgan fingerprint density at radius 2 is 2.55 bits per heavy atom. The molecule has 1 aromatic heterocycles. The highest BCUT2D eigenvalue weighted by Gasteiger charge is 2.19. The van der Waals surface area contributed by atoms with Gasteiger partial charge in [-0.15, -0.1) is 0 Å². The number of hydrogen-bond acceptors (Lipinski definition) is 2. The third-order valence-electron chi connectivity index (χ3n) is 1.92. The van der Waals surface area contributed by atoms with Crippen LogP contribution in [-0.2, 0) is 11.3 Å². The molecule has 0 aliphatic carbocycles. The Balaban J connectivity index is 2.50. The zero-order valence-corrected chi connectivity index (χ0v) is 6.93. The predicted octanol–water partition coefficient (Wildman–Crippen LogP) is 2.33. The van der Waals surface area contributed by atoms with Gasteiger partial charge in [0.05, 0.1) is 12.7 Å². The molecule has 11 heavy (non-hydrogen) atoms. The lowest BCUT2D eigenvalue weighted by atomic mass is 10.1. The van der Waals surface area contributed by atoms with Crippen LogP contribution < -0.4 is 0 Å². The Morgan fingerprint density at radius 1 is 1.73 bits per heavy atom. The minimum absolute atomic E-state index is 0.176. The molecule has 2 rings (SSSR count). The van der Waals surface area contributed by atoms with E-state index in [0.717, 1.165) is 11.1 Å². The van der Waals surface area contributed by atoms with E-state index in [1.165, 1.54) is 0 Å². The summed E-state index contributed by atoms with van der Waals surface area (Å²) in [5.41, 5.74) is 2.33. The number of halogens is 1. The maximum absolute atomic E-state index is 5.70. The van der Waals surface area contributed by atoms with Crippen LogP contribution in [0.5, 0.6) is 0 Å². The number of fused-ring (bicyclic) bond motifs is 1. The van der Waals surface area contributed by atoms with E-state index in [1.54, 1.807) is 6.20 Å². The summed E-state index contributed by atoms with van der Waals surface area (Å²) in [4.78, 5) is 3.99. The molecule has 0 unspecified atom stereocenters. The molecule has 0 aromatic carbocycles. The Bertz CT molecular complexity index is 287. The summed E-state index contributed by atoms with van der Waals surface area (Å²) in [5.74, 6) is 0. The Morgan fingerprint density at radius 3 is 3.36 bits per heavy atom. The summed E-state index contributed by atoms with van der Waals surface area (Å²) in [6.45, 7) is 2.68. The van der Waals surface area contributed by atoms with Crippen molar-refractivity contribution in [2.45, 2.75) is 19.6 Å². The first-order valence-electron chi connectivity index (χ1n) is 3.53. The second-order valence-electron chi connectivity index (χ2n) is 2.66. The second kappa shape index (κ2) is 2.47. The fourth-order valence-electron chi connectivity index (χ4n) is 1.27. The van der Waals surface area contributed by atoms with Crippen LogP contribution in [0.3, 0.4) is 0 Å². The van der Waals surface area contributed by atoms with Crippen LogP contribution >= 0.6 is 11.6 Å². The molecule has 0 saturated heterocycles. The molecule has 3 heteroatoms. The molecule has 1 atom stereocenters. The zero-order valence-electron chi connectivity index (χ0n) is 6.17. The molecule has 0 radical (unpaired) electrons. The molecule has 58 valence electrons. The first kappa shape index (κ1) is 7.07. The summed E-state index contributed by atoms with van der Waals surface area (Å²) in [6.07, 6.45) is 1.96. The quantitative estimate of drug-likeness (QED) is 0.556. The van der Waals surface area contributed by atoms with Gasteiger partial charge in [0.1, 0.15) is 5.15 Å². The van der Waals surface area contributed by atoms with Gasteiger partial charge < -0.3 is 4.74 Å². The summed E-state index contributed by atoms with van der Waals surface area (Å²) in [6, 6.07) is 1.86. The van der Waals surface area contributed by atoms with Crippen molar-refractivity contribution in [3.63, 3.8) is 0 Å². The number of aromatic nitrogens is 1. The maximum Gasteiger partial charge on any atom is 0.129 e. The SMILES string of the molecule is C[C@@H]1OCc2cc(Cl)ncc21. The van der Waals surface area contributed by atoms with Crippen LogP contribution in [-0.4, -0.2) is 4.98 Å². The minimum atomic E-state index is 0.176. The topological polar surface area (TPSA) is 22.1 Å². The van der Waals surface area contributed by atoms with Crippen LogP contribution in [0.15, 0.2) is 12.3 Å².